The van der Waals surface area contributed by atoms with Gasteiger partial charge in [-0.05, 0) is 44.2 Å². The van der Waals surface area contributed by atoms with Crippen molar-refractivity contribution in [3.8, 4) is 5.75 Å². The molecule has 0 saturated heterocycles. The normalized spacial score (nSPS) is 12.5. The molecule has 5 nitrogen and oxygen atoms in total. The Morgan fingerprint density at radius 3 is 1.35 bits per heavy atom. The molecule has 4 rings (SSSR count). The van der Waals surface area contributed by atoms with E-state index in [1.54, 1.807) is 0 Å². The first kappa shape index (κ1) is 31.6. The number of hydrogen-bond donors (Lipinski definition) is 1. The molecule has 224 valence electrons. The molecule has 0 heterocycles. The molecule has 4 aromatic rings. The highest BCUT2D eigenvalue weighted by molar-refractivity contribution is 5.96. The van der Waals surface area contributed by atoms with Gasteiger partial charge in [-0.15, -0.1) is 0 Å². The lowest BCUT2D eigenvalue weighted by atomic mass is 9.73. The molecular formula is C38H42O5. The average Bonchev–Trinajstić information content (AvgIpc) is 2.98. The molecular weight excluding hydrogens is 536 g/mol. The number of hydrogen-bond acceptors (Lipinski definition) is 5. The molecule has 0 radical (unpaired) electrons. The highest BCUT2D eigenvalue weighted by Gasteiger charge is 2.41. The Morgan fingerprint density at radius 2 is 0.977 bits per heavy atom. The lowest BCUT2D eigenvalue weighted by Gasteiger charge is -2.31. The number of carbonyl (C=O) groups excluding carboxylic acids is 2. The Kier molecular flexibility index (Phi) is 9.75. The molecule has 1 atom stereocenters. The molecule has 0 spiro atoms. The zero-order valence-corrected chi connectivity index (χ0v) is 26.0. The van der Waals surface area contributed by atoms with Gasteiger partial charge in [0.2, 0.25) is 0 Å². The fourth-order valence-electron chi connectivity index (χ4n) is 5.22. The van der Waals surface area contributed by atoms with Crippen molar-refractivity contribution in [2.24, 2.45) is 5.92 Å². The van der Waals surface area contributed by atoms with Gasteiger partial charge < -0.3 is 14.6 Å². The van der Waals surface area contributed by atoms with E-state index in [9.17, 15) is 14.7 Å². The topological polar surface area (TPSA) is 72.8 Å². The molecule has 1 N–H and O–H groups in total. The van der Waals surface area contributed by atoms with Crippen molar-refractivity contribution in [3.63, 3.8) is 0 Å². The van der Waals surface area contributed by atoms with Gasteiger partial charge in [-0.3, -0.25) is 9.59 Å². The van der Waals surface area contributed by atoms with Gasteiger partial charge in [-0.2, -0.15) is 0 Å². The number of carbonyl (C=O) groups is 2. The monoisotopic (exact) mass is 578 g/mol. The Bertz CT molecular complexity index is 1420. The van der Waals surface area contributed by atoms with E-state index in [2.05, 4.69) is 0 Å². The first-order chi connectivity index (χ1) is 20.4. The highest BCUT2D eigenvalue weighted by atomic mass is 16.6. The number of phenolic OH excluding ortho intramolecular Hbond substituents is 1. The van der Waals surface area contributed by atoms with Crippen molar-refractivity contribution in [3.05, 3.63) is 137 Å². The van der Waals surface area contributed by atoms with Crippen molar-refractivity contribution in [1.29, 1.82) is 0 Å². The summed E-state index contributed by atoms with van der Waals surface area (Å²) in [5.74, 6) is -3.13. The minimum Gasteiger partial charge on any atom is -0.507 e. The molecule has 5 heteroatoms. The predicted molar refractivity (Wildman–Crippen MR) is 170 cm³/mol. The number of phenols is 1. The summed E-state index contributed by atoms with van der Waals surface area (Å²) >= 11 is 0. The summed E-state index contributed by atoms with van der Waals surface area (Å²) in [6.45, 7) is 12.3. The van der Waals surface area contributed by atoms with Crippen molar-refractivity contribution in [2.75, 3.05) is 0 Å². The van der Waals surface area contributed by atoms with Crippen LogP contribution < -0.4 is 0 Å². The maximum Gasteiger partial charge on any atom is 0.321 e. The van der Waals surface area contributed by atoms with Crippen LogP contribution in [-0.2, 0) is 43.1 Å². The van der Waals surface area contributed by atoms with Gasteiger partial charge in [0.1, 0.15) is 19.0 Å². The molecule has 0 amide bonds. The van der Waals surface area contributed by atoms with Gasteiger partial charge >= 0.3 is 11.9 Å². The van der Waals surface area contributed by atoms with E-state index < -0.39 is 34.6 Å². The molecule has 4 aromatic carbocycles. The molecule has 0 aromatic heterocycles. The van der Waals surface area contributed by atoms with Crippen LogP contribution in [0.25, 0.3) is 0 Å². The third-order valence-electron chi connectivity index (χ3n) is 7.56. The Hall–Kier alpha value is -4.38. The van der Waals surface area contributed by atoms with Gasteiger partial charge in [0, 0.05) is 5.92 Å². The number of benzene rings is 4. The summed E-state index contributed by atoms with van der Waals surface area (Å²) in [4.78, 5) is 28.0. The van der Waals surface area contributed by atoms with Gasteiger partial charge in [-0.25, -0.2) is 0 Å². The van der Waals surface area contributed by atoms with E-state index in [-0.39, 0.29) is 19.0 Å². The van der Waals surface area contributed by atoms with Crippen LogP contribution in [0.15, 0.2) is 103 Å². The van der Waals surface area contributed by atoms with Crippen molar-refractivity contribution >= 4 is 11.9 Å². The SMILES string of the molecule is CC(C)(C)c1cc([C@@H](c2ccccc2)C(C(=O)OCc2ccccc2)C(=O)OCc2ccccc2)cc(C(C)(C)C)c1O. The number of ether oxygens (including phenoxy) is 2. The molecule has 0 aliphatic carbocycles. The van der Waals surface area contributed by atoms with Gasteiger partial charge in [0.15, 0.2) is 5.92 Å². The molecule has 0 bridgehead atoms. The van der Waals surface area contributed by atoms with Crippen LogP contribution >= 0.6 is 0 Å². The second-order valence-electron chi connectivity index (χ2n) is 13.0. The highest BCUT2D eigenvalue weighted by Crippen LogP contribution is 2.44. The Labute approximate surface area is 255 Å². The van der Waals surface area contributed by atoms with Crippen LogP contribution in [0.2, 0.25) is 0 Å². The van der Waals surface area contributed by atoms with E-state index in [0.29, 0.717) is 0 Å². The molecule has 0 fully saturated rings. The summed E-state index contributed by atoms with van der Waals surface area (Å²) < 4.78 is 11.6. The minimum atomic E-state index is -1.29. The minimum absolute atomic E-state index is 0.0275. The first-order valence-corrected chi connectivity index (χ1v) is 14.7. The number of aromatic hydroxyl groups is 1. The molecule has 0 aliphatic heterocycles. The van der Waals surface area contributed by atoms with Crippen LogP contribution in [0.3, 0.4) is 0 Å². The summed E-state index contributed by atoms with van der Waals surface area (Å²) in [6, 6.07) is 32.1. The summed E-state index contributed by atoms with van der Waals surface area (Å²) in [5, 5.41) is 11.4. The summed E-state index contributed by atoms with van der Waals surface area (Å²) in [7, 11) is 0. The molecule has 0 saturated carbocycles. The van der Waals surface area contributed by atoms with Crippen molar-refractivity contribution in [2.45, 2.75) is 71.5 Å². The van der Waals surface area contributed by atoms with E-state index in [1.807, 2.05) is 145 Å². The quantitative estimate of drug-likeness (QED) is 0.160. The summed E-state index contributed by atoms with van der Waals surface area (Å²) in [5.41, 5.74) is 3.81. The zero-order valence-electron chi connectivity index (χ0n) is 26.0. The summed E-state index contributed by atoms with van der Waals surface area (Å²) in [6.07, 6.45) is 0. The van der Waals surface area contributed by atoms with Crippen LogP contribution in [0.4, 0.5) is 0 Å². The molecule has 43 heavy (non-hydrogen) atoms. The lowest BCUT2D eigenvalue weighted by molar-refractivity contribution is -0.164. The van der Waals surface area contributed by atoms with E-state index in [1.165, 1.54) is 0 Å². The average molecular weight is 579 g/mol. The Morgan fingerprint density at radius 1 is 0.605 bits per heavy atom. The van der Waals surface area contributed by atoms with Crippen molar-refractivity contribution < 1.29 is 24.2 Å². The second kappa shape index (κ2) is 13.3. The molecule has 0 aliphatic rings. The lowest BCUT2D eigenvalue weighted by Crippen LogP contribution is -2.34. The second-order valence-corrected chi connectivity index (χ2v) is 13.0. The van der Waals surface area contributed by atoms with Gasteiger partial charge in [-0.1, -0.05) is 145 Å². The third kappa shape index (κ3) is 7.92. The smallest absolute Gasteiger partial charge is 0.321 e. The fraction of sp³-hybridized carbons (Fsp3) is 0.316. The standard InChI is InChI=1S/C38H42O5/c1-37(2,3)30-22-29(23-31(34(30)39)38(4,5)6)32(28-20-14-9-15-21-28)33(35(40)42-24-26-16-10-7-11-17-26)36(41)43-25-27-18-12-8-13-19-27/h7-23,32-33,39H,24-25H2,1-6H3/t32-/m1/s1. The van der Waals surface area contributed by atoms with Crippen molar-refractivity contribution in [1.82, 2.24) is 0 Å². The largest absolute Gasteiger partial charge is 0.507 e. The van der Waals surface area contributed by atoms with Gasteiger partial charge in [0.25, 0.3) is 0 Å². The van der Waals surface area contributed by atoms with Crippen LogP contribution in [0, 0.1) is 5.92 Å². The van der Waals surface area contributed by atoms with Crippen LogP contribution in [0.1, 0.15) is 80.8 Å². The van der Waals surface area contributed by atoms with E-state index >= 15 is 0 Å². The zero-order chi connectivity index (χ0) is 31.2. The maximum atomic E-state index is 14.0. The third-order valence-corrected chi connectivity index (χ3v) is 7.56. The predicted octanol–water partition coefficient (Wildman–Crippen LogP) is 8.22. The molecule has 0 unspecified atom stereocenters. The first-order valence-electron chi connectivity index (χ1n) is 14.7. The van der Waals surface area contributed by atoms with E-state index in [0.717, 1.165) is 33.4 Å². The van der Waals surface area contributed by atoms with Crippen LogP contribution in [-0.4, -0.2) is 17.0 Å². The van der Waals surface area contributed by atoms with Crippen LogP contribution in [0.5, 0.6) is 5.75 Å². The fourth-order valence-corrected chi connectivity index (χ4v) is 5.22. The van der Waals surface area contributed by atoms with Gasteiger partial charge in [0.05, 0.1) is 0 Å². The van der Waals surface area contributed by atoms with E-state index in [4.69, 9.17) is 9.47 Å². The Balaban J connectivity index is 1.86. The maximum absolute atomic E-state index is 14.0. The number of esters is 2. The number of rotatable bonds is 9.